The fourth-order valence-electron chi connectivity index (χ4n) is 1.13. The van der Waals surface area contributed by atoms with Gasteiger partial charge in [0.2, 0.25) is 0 Å². The average Bonchev–Trinajstić information content (AvgIpc) is 2.16. The summed E-state index contributed by atoms with van der Waals surface area (Å²) in [6.45, 7) is 2.12. The minimum Gasteiger partial charge on any atom is -0.497 e. The minimum absolute atomic E-state index is 0.864. The molecule has 0 aliphatic rings. The van der Waals surface area contributed by atoms with Crippen LogP contribution >= 0.6 is 12.2 Å². The van der Waals surface area contributed by atoms with Crippen molar-refractivity contribution in [1.29, 1.82) is 0 Å². The molecule has 2 heteroatoms. The third-order valence-electron chi connectivity index (χ3n) is 1.86. The van der Waals surface area contributed by atoms with Crippen LogP contribution < -0.4 is 4.74 Å². The van der Waals surface area contributed by atoms with E-state index in [1.807, 2.05) is 12.1 Å². The molecule has 0 bridgehead atoms. The number of rotatable bonds is 3. The molecule has 0 radical (unpaired) electrons. The van der Waals surface area contributed by atoms with Crippen LogP contribution in [0.5, 0.6) is 5.75 Å². The van der Waals surface area contributed by atoms with Crippen LogP contribution in [0, 0.1) is 0 Å². The second kappa shape index (κ2) is 4.21. The van der Waals surface area contributed by atoms with E-state index in [0.29, 0.717) is 0 Å². The quantitative estimate of drug-likeness (QED) is 0.661. The van der Waals surface area contributed by atoms with Gasteiger partial charge >= 0.3 is 0 Å². The predicted octanol–water partition coefficient (Wildman–Crippen LogP) is 2.61. The van der Waals surface area contributed by atoms with Crippen molar-refractivity contribution in [3.63, 3.8) is 0 Å². The highest BCUT2D eigenvalue weighted by Crippen LogP contribution is 2.16. The number of methoxy groups -OCH3 is 1. The molecule has 0 spiro atoms. The van der Waals surface area contributed by atoms with Crippen molar-refractivity contribution in [1.82, 2.24) is 0 Å². The minimum atomic E-state index is 0.864. The van der Waals surface area contributed by atoms with Gasteiger partial charge in [-0.15, -0.1) is 0 Å². The molecule has 0 amide bonds. The maximum absolute atomic E-state index is 5.09. The van der Waals surface area contributed by atoms with Gasteiger partial charge in [0.25, 0.3) is 0 Å². The van der Waals surface area contributed by atoms with E-state index in [1.165, 1.54) is 5.56 Å². The van der Waals surface area contributed by atoms with Gasteiger partial charge in [-0.2, -0.15) is 0 Å². The van der Waals surface area contributed by atoms with Crippen LogP contribution in [0.3, 0.4) is 0 Å². The SMILES string of the molecule is CCc1ccc(OC)cc1C=S. The van der Waals surface area contributed by atoms with Crippen LogP contribution in [0.25, 0.3) is 0 Å². The van der Waals surface area contributed by atoms with E-state index in [9.17, 15) is 0 Å². The van der Waals surface area contributed by atoms with Gasteiger partial charge < -0.3 is 4.74 Å². The first-order valence-electron chi connectivity index (χ1n) is 3.94. The zero-order valence-corrected chi connectivity index (χ0v) is 8.15. The van der Waals surface area contributed by atoms with Crippen LogP contribution in [0.15, 0.2) is 18.2 Å². The Kier molecular flexibility index (Phi) is 3.23. The molecule has 0 N–H and O–H groups in total. The highest BCUT2D eigenvalue weighted by molar-refractivity contribution is 7.79. The number of aryl methyl sites for hydroxylation is 1. The van der Waals surface area contributed by atoms with E-state index in [-0.39, 0.29) is 0 Å². The van der Waals surface area contributed by atoms with Crippen molar-refractivity contribution in [2.45, 2.75) is 13.3 Å². The van der Waals surface area contributed by atoms with Gasteiger partial charge in [-0.3, -0.25) is 0 Å². The van der Waals surface area contributed by atoms with E-state index in [4.69, 9.17) is 17.0 Å². The van der Waals surface area contributed by atoms with Gasteiger partial charge in [0.05, 0.1) is 7.11 Å². The fourth-order valence-corrected chi connectivity index (χ4v) is 1.35. The van der Waals surface area contributed by atoms with Crippen molar-refractivity contribution < 1.29 is 4.74 Å². The molecule has 0 aliphatic carbocycles. The predicted molar refractivity (Wildman–Crippen MR) is 55.1 cm³/mol. The Labute approximate surface area is 78.4 Å². The van der Waals surface area contributed by atoms with Gasteiger partial charge in [-0.1, -0.05) is 25.2 Å². The first-order valence-corrected chi connectivity index (χ1v) is 4.41. The highest BCUT2D eigenvalue weighted by atomic mass is 32.1. The highest BCUT2D eigenvalue weighted by Gasteiger charge is 1.98. The monoisotopic (exact) mass is 180 g/mol. The third-order valence-corrected chi connectivity index (χ3v) is 2.11. The molecule has 64 valence electrons. The fraction of sp³-hybridized carbons (Fsp3) is 0.300. The first kappa shape index (κ1) is 9.20. The smallest absolute Gasteiger partial charge is 0.119 e. The van der Waals surface area contributed by atoms with E-state index >= 15 is 0 Å². The summed E-state index contributed by atoms with van der Waals surface area (Å²) in [5, 5.41) is 1.70. The van der Waals surface area contributed by atoms with E-state index < -0.39 is 0 Å². The molecule has 0 aromatic heterocycles. The molecule has 0 fully saturated rings. The number of hydrogen-bond acceptors (Lipinski definition) is 2. The van der Waals surface area contributed by atoms with Crippen LogP contribution in [0.4, 0.5) is 0 Å². The standard InChI is InChI=1S/C10H12OS/c1-3-8-4-5-10(11-2)6-9(8)7-12/h4-7H,3H2,1-2H3. The Hall–Kier alpha value is -0.890. The van der Waals surface area contributed by atoms with E-state index in [1.54, 1.807) is 12.5 Å². The lowest BCUT2D eigenvalue weighted by Gasteiger charge is -2.04. The van der Waals surface area contributed by atoms with Crippen LogP contribution in [-0.2, 0) is 6.42 Å². The molecule has 0 atom stereocenters. The number of benzene rings is 1. The van der Waals surface area contributed by atoms with E-state index in [0.717, 1.165) is 17.7 Å². The average molecular weight is 180 g/mol. The van der Waals surface area contributed by atoms with Crippen LogP contribution in [-0.4, -0.2) is 12.5 Å². The van der Waals surface area contributed by atoms with Crippen molar-refractivity contribution in [3.8, 4) is 5.75 Å². The van der Waals surface area contributed by atoms with Crippen molar-refractivity contribution in [2.75, 3.05) is 7.11 Å². The lowest BCUT2D eigenvalue weighted by molar-refractivity contribution is 0.414. The topological polar surface area (TPSA) is 9.23 Å². The molecular formula is C10H12OS. The van der Waals surface area contributed by atoms with Gasteiger partial charge in [0.15, 0.2) is 0 Å². The van der Waals surface area contributed by atoms with Gasteiger partial charge in [-0.25, -0.2) is 0 Å². The molecule has 0 saturated heterocycles. The second-order valence-corrected chi connectivity index (χ2v) is 2.77. The first-order chi connectivity index (χ1) is 5.81. The van der Waals surface area contributed by atoms with Gasteiger partial charge in [0.1, 0.15) is 5.75 Å². The summed E-state index contributed by atoms with van der Waals surface area (Å²) in [6, 6.07) is 5.98. The number of thiocarbonyl (C=S) groups is 1. The molecule has 0 saturated carbocycles. The molecule has 0 unspecified atom stereocenters. The second-order valence-electron chi connectivity index (χ2n) is 2.54. The molecule has 1 aromatic carbocycles. The maximum atomic E-state index is 5.09. The molecule has 1 aromatic rings. The summed E-state index contributed by atoms with van der Waals surface area (Å²) < 4.78 is 5.09. The van der Waals surface area contributed by atoms with Crippen molar-refractivity contribution >= 4 is 17.6 Å². The summed E-state index contributed by atoms with van der Waals surface area (Å²) >= 11 is 4.90. The van der Waals surface area contributed by atoms with Crippen LogP contribution in [0.1, 0.15) is 18.1 Å². The molecular weight excluding hydrogens is 168 g/mol. The van der Waals surface area contributed by atoms with E-state index in [2.05, 4.69) is 13.0 Å². The Morgan fingerprint density at radius 2 is 2.25 bits per heavy atom. The Morgan fingerprint density at radius 1 is 1.50 bits per heavy atom. The molecule has 12 heavy (non-hydrogen) atoms. The zero-order valence-electron chi connectivity index (χ0n) is 7.33. The zero-order chi connectivity index (χ0) is 8.97. The third kappa shape index (κ3) is 1.83. The number of ether oxygens (including phenoxy) is 1. The summed E-state index contributed by atoms with van der Waals surface area (Å²) in [6.07, 6.45) is 1.01. The lowest BCUT2D eigenvalue weighted by atomic mass is 10.1. The molecule has 1 rings (SSSR count). The largest absolute Gasteiger partial charge is 0.497 e. The van der Waals surface area contributed by atoms with Crippen molar-refractivity contribution in [2.24, 2.45) is 0 Å². The molecule has 0 heterocycles. The maximum Gasteiger partial charge on any atom is 0.119 e. The van der Waals surface area contributed by atoms with Crippen molar-refractivity contribution in [3.05, 3.63) is 29.3 Å². The Balaban J connectivity index is 3.10. The van der Waals surface area contributed by atoms with Gasteiger partial charge in [-0.05, 0) is 29.7 Å². The Bertz CT molecular complexity index is 281. The van der Waals surface area contributed by atoms with Crippen LogP contribution in [0.2, 0.25) is 0 Å². The number of hydrogen-bond donors (Lipinski definition) is 0. The normalized spacial score (nSPS) is 9.50. The van der Waals surface area contributed by atoms with Gasteiger partial charge in [0, 0.05) is 5.37 Å². The summed E-state index contributed by atoms with van der Waals surface area (Å²) in [4.78, 5) is 0. The molecule has 0 aliphatic heterocycles. The summed E-state index contributed by atoms with van der Waals surface area (Å²) in [7, 11) is 1.66. The lowest BCUT2D eigenvalue weighted by Crippen LogP contribution is -1.91. The summed E-state index contributed by atoms with van der Waals surface area (Å²) in [5.74, 6) is 0.864. The summed E-state index contributed by atoms with van der Waals surface area (Å²) in [5.41, 5.74) is 2.36. The molecule has 1 nitrogen and oxygen atoms in total. The Morgan fingerprint density at radius 3 is 2.75 bits per heavy atom.